The van der Waals surface area contributed by atoms with Crippen LogP contribution in [0.25, 0.3) is 16.6 Å². The third-order valence-corrected chi connectivity index (χ3v) is 2.81. The van der Waals surface area contributed by atoms with E-state index in [1.54, 1.807) is 24.3 Å². The number of hydrogen-bond acceptors (Lipinski definition) is 6. The van der Waals surface area contributed by atoms with Crippen molar-refractivity contribution in [3.8, 4) is 11.8 Å². The van der Waals surface area contributed by atoms with E-state index < -0.39 is 0 Å². The minimum Gasteiger partial charge on any atom is -0.494 e. The van der Waals surface area contributed by atoms with E-state index in [4.69, 9.17) is 11.5 Å². The third-order valence-electron chi connectivity index (χ3n) is 2.64. The highest BCUT2D eigenvalue weighted by Crippen LogP contribution is 2.38. The van der Waals surface area contributed by atoms with Crippen LogP contribution in [0.3, 0.4) is 0 Å². The summed E-state index contributed by atoms with van der Waals surface area (Å²) in [6.07, 6.45) is 1.08. The Morgan fingerprint density at radius 2 is 1.48 bits per heavy atom. The van der Waals surface area contributed by atoms with Gasteiger partial charge in [0, 0.05) is 10.8 Å². The van der Waals surface area contributed by atoms with E-state index >= 15 is 0 Å². The van der Waals surface area contributed by atoms with Crippen LogP contribution in [0.4, 0.5) is 0 Å². The van der Waals surface area contributed by atoms with Gasteiger partial charge in [-0.05, 0) is 36.6 Å². The molecule has 0 aliphatic carbocycles. The normalized spacial score (nSPS) is 12.4. The molecule has 1 aromatic heterocycles. The van der Waals surface area contributed by atoms with Crippen molar-refractivity contribution in [1.82, 2.24) is 4.57 Å². The zero-order chi connectivity index (χ0) is 17.0. The largest absolute Gasteiger partial charge is 0.494 e. The molecule has 1 aromatic carbocycles. The number of azo groups is 2. The first-order valence-corrected chi connectivity index (χ1v) is 6.87. The summed E-state index contributed by atoms with van der Waals surface area (Å²) >= 11 is 9.17. The smallest absolute Gasteiger partial charge is 0.211 e. The molecule has 0 amide bonds. The molecule has 118 valence electrons. The van der Waals surface area contributed by atoms with Crippen LogP contribution >= 0.6 is 24.4 Å². The standard InChI is InChI=1S/C12H11N7O2S2/c13-11(22)17-15-5-8(16-18-12(14)23)19-9(20)6-3-1-2-4-7(6)10(19)21/h1-5,20-21H,(H2,13,22)(H2,14,23)/b8-5-,17-15?,18-16+. The number of aromatic hydroxyl groups is 2. The molecule has 0 saturated heterocycles. The van der Waals surface area contributed by atoms with Crippen LogP contribution in [-0.2, 0) is 0 Å². The summed E-state index contributed by atoms with van der Waals surface area (Å²) in [6.45, 7) is 0. The predicted molar refractivity (Wildman–Crippen MR) is 92.8 cm³/mol. The highest BCUT2D eigenvalue weighted by molar-refractivity contribution is 7.80. The van der Waals surface area contributed by atoms with Gasteiger partial charge in [0.1, 0.15) is 0 Å². The predicted octanol–water partition coefficient (Wildman–Crippen LogP) is 2.20. The van der Waals surface area contributed by atoms with Gasteiger partial charge in [-0.1, -0.05) is 12.1 Å². The number of nitrogens with zero attached hydrogens (tertiary/aromatic N) is 5. The second-order valence-corrected chi connectivity index (χ2v) is 4.94. The number of nitrogens with two attached hydrogens (primary N) is 2. The van der Waals surface area contributed by atoms with Gasteiger partial charge in [0.2, 0.25) is 22.0 Å². The van der Waals surface area contributed by atoms with Gasteiger partial charge in [0.25, 0.3) is 0 Å². The molecule has 0 fully saturated rings. The molecule has 11 heteroatoms. The van der Waals surface area contributed by atoms with Crippen molar-refractivity contribution in [2.45, 2.75) is 0 Å². The van der Waals surface area contributed by atoms with Crippen molar-refractivity contribution in [2.24, 2.45) is 31.9 Å². The van der Waals surface area contributed by atoms with Crippen molar-refractivity contribution >= 4 is 51.3 Å². The number of aromatic nitrogens is 1. The summed E-state index contributed by atoms with van der Waals surface area (Å²) in [4.78, 5) is 0. The first-order chi connectivity index (χ1) is 10.9. The molecule has 0 aliphatic rings. The maximum Gasteiger partial charge on any atom is 0.211 e. The Morgan fingerprint density at radius 3 is 1.96 bits per heavy atom. The van der Waals surface area contributed by atoms with E-state index in [0.717, 1.165) is 10.8 Å². The average Bonchev–Trinajstić information content (AvgIpc) is 2.75. The van der Waals surface area contributed by atoms with Crippen molar-refractivity contribution in [3.05, 3.63) is 30.5 Å². The van der Waals surface area contributed by atoms with Crippen LogP contribution in [0.15, 0.2) is 50.9 Å². The van der Waals surface area contributed by atoms with Crippen LogP contribution in [0.1, 0.15) is 0 Å². The van der Waals surface area contributed by atoms with Crippen molar-refractivity contribution in [3.63, 3.8) is 0 Å². The molecule has 0 atom stereocenters. The Kier molecular flexibility index (Phi) is 4.93. The zero-order valence-corrected chi connectivity index (χ0v) is 13.1. The lowest BCUT2D eigenvalue weighted by molar-refractivity contribution is 0.407. The van der Waals surface area contributed by atoms with Crippen LogP contribution in [0.2, 0.25) is 0 Å². The third kappa shape index (κ3) is 3.64. The number of rotatable bonds is 3. The van der Waals surface area contributed by atoms with Gasteiger partial charge in [-0.25, -0.2) is 4.57 Å². The summed E-state index contributed by atoms with van der Waals surface area (Å²) in [5.41, 5.74) is 10.5. The number of fused-ring (bicyclic) bond motifs is 1. The van der Waals surface area contributed by atoms with Gasteiger partial charge in [-0.2, -0.15) is 5.11 Å². The fourth-order valence-electron chi connectivity index (χ4n) is 1.80. The van der Waals surface area contributed by atoms with Crippen LogP contribution < -0.4 is 11.5 Å². The lowest BCUT2D eigenvalue weighted by Gasteiger charge is -2.04. The summed E-state index contributed by atoms with van der Waals surface area (Å²) in [5.74, 6) is -0.627. The molecule has 2 aromatic rings. The highest BCUT2D eigenvalue weighted by atomic mass is 32.1. The maximum absolute atomic E-state index is 10.3. The second kappa shape index (κ2) is 6.89. The molecule has 1 heterocycles. The van der Waals surface area contributed by atoms with Crippen LogP contribution in [0, 0.1) is 0 Å². The van der Waals surface area contributed by atoms with Gasteiger partial charge < -0.3 is 21.7 Å². The average molecular weight is 349 g/mol. The molecule has 6 N–H and O–H groups in total. The van der Waals surface area contributed by atoms with Crippen molar-refractivity contribution < 1.29 is 10.2 Å². The minimum absolute atomic E-state index is 0.0935. The Bertz CT molecular complexity index is 831. The van der Waals surface area contributed by atoms with E-state index in [1.807, 2.05) is 0 Å². The molecular formula is C12H11N7O2S2. The lowest BCUT2D eigenvalue weighted by Crippen LogP contribution is -2.03. The Morgan fingerprint density at radius 1 is 0.957 bits per heavy atom. The number of hydrogen-bond donors (Lipinski definition) is 4. The molecule has 23 heavy (non-hydrogen) atoms. The van der Waals surface area contributed by atoms with Gasteiger partial charge in [-0.15, -0.1) is 15.3 Å². The maximum atomic E-state index is 10.3. The fourth-order valence-corrected chi connectivity index (χ4v) is 1.89. The quantitative estimate of drug-likeness (QED) is 0.493. The van der Waals surface area contributed by atoms with Gasteiger partial charge in [0.05, 0.1) is 6.20 Å². The summed E-state index contributed by atoms with van der Waals surface area (Å²) < 4.78 is 1.00. The Labute approximate surface area is 140 Å². The molecular weight excluding hydrogens is 338 g/mol. The number of thiocarbonyl (C=S) groups is 2. The molecule has 9 nitrogen and oxygen atoms in total. The van der Waals surface area contributed by atoms with Gasteiger partial charge >= 0.3 is 0 Å². The molecule has 0 bridgehead atoms. The van der Waals surface area contributed by atoms with Crippen LogP contribution in [0.5, 0.6) is 11.8 Å². The van der Waals surface area contributed by atoms with Crippen molar-refractivity contribution in [1.29, 1.82) is 0 Å². The van der Waals surface area contributed by atoms with E-state index in [0.29, 0.717) is 10.8 Å². The minimum atomic E-state index is -0.267. The molecule has 0 radical (unpaired) electrons. The second-order valence-electron chi connectivity index (χ2n) is 4.11. The SMILES string of the molecule is NC(=S)N=N/C=C(/N=N/C(N)=S)n1c(O)c2ccccc2c1O. The topological polar surface area (TPSA) is 147 Å². The monoisotopic (exact) mass is 349 g/mol. The Balaban J connectivity index is 2.64. The molecule has 0 unspecified atom stereocenters. The number of benzene rings is 1. The summed E-state index contributed by atoms with van der Waals surface area (Å²) in [7, 11) is 0. The van der Waals surface area contributed by atoms with E-state index in [9.17, 15) is 10.2 Å². The molecule has 0 aliphatic heterocycles. The molecule has 0 saturated carbocycles. The summed E-state index contributed by atoms with van der Waals surface area (Å²) in [6, 6.07) is 6.66. The van der Waals surface area contributed by atoms with Crippen LogP contribution in [-0.4, -0.2) is 25.0 Å². The van der Waals surface area contributed by atoms with Crippen molar-refractivity contribution in [2.75, 3.05) is 0 Å². The van der Waals surface area contributed by atoms with Gasteiger partial charge in [0.15, 0.2) is 5.82 Å². The zero-order valence-electron chi connectivity index (χ0n) is 11.5. The van der Waals surface area contributed by atoms with Gasteiger partial charge in [-0.3, -0.25) is 0 Å². The molecule has 0 spiro atoms. The first-order valence-electron chi connectivity index (χ1n) is 6.05. The fraction of sp³-hybridized carbons (Fsp3) is 0. The Hall–Kier alpha value is -2.92. The highest BCUT2D eigenvalue weighted by Gasteiger charge is 2.18. The van der Waals surface area contributed by atoms with E-state index in [1.165, 1.54) is 0 Å². The van der Waals surface area contributed by atoms with E-state index in [2.05, 4.69) is 44.9 Å². The summed E-state index contributed by atoms with van der Waals surface area (Å²) in [5, 5.41) is 35.2. The van der Waals surface area contributed by atoms with E-state index in [-0.39, 0.29) is 27.8 Å². The first kappa shape index (κ1) is 16.5. The molecule has 2 rings (SSSR count). The lowest BCUT2D eigenvalue weighted by atomic mass is 10.2.